The number of H-pyrrole nitrogens is 1. The fourth-order valence-electron chi connectivity index (χ4n) is 2.13. The smallest absolute Gasteiger partial charge is 0.345 e. The van der Waals surface area contributed by atoms with E-state index in [0.717, 1.165) is 16.6 Å². The Morgan fingerprint density at radius 2 is 2.19 bits per heavy atom. The average Bonchev–Trinajstić information content (AvgIpc) is 2.96. The zero-order valence-electron chi connectivity index (χ0n) is 11.1. The maximum atomic E-state index is 11.4. The molecule has 1 aromatic carbocycles. The molecule has 0 atom stereocenters. The predicted octanol–water partition coefficient (Wildman–Crippen LogP) is 2.41. The SMILES string of the molecule is COc1ncnc(Nc2cccc3[nH]ccc23)c1C(=O)O. The van der Waals surface area contributed by atoms with E-state index in [4.69, 9.17) is 4.74 Å². The lowest BCUT2D eigenvalue weighted by molar-refractivity contribution is 0.0693. The molecule has 3 aromatic rings. The van der Waals surface area contributed by atoms with Crippen LogP contribution < -0.4 is 10.1 Å². The van der Waals surface area contributed by atoms with Crippen molar-refractivity contribution in [3.63, 3.8) is 0 Å². The second-order valence-corrected chi connectivity index (χ2v) is 4.28. The summed E-state index contributed by atoms with van der Waals surface area (Å²) < 4.78 is 4.98. The maximum absolute atomic E-state index is 11.4. The van der Waals surface area contributed by atoms with Crippen molar-refractivity contribution < 1.29 is 14.6 Å². The molecule has 0 aliphatic carbocycles. The molecule has 3 N–H and O–H groups in total. The summed E-state index contributed by atoms with van der Waals surface area (Å²) in [6.07, 6.45) is 3.07. The highest BCUT2D eigenvalue weighted by Gasteiger charge is 2.19. The number of aromatic nitrogens is 3. The first-order chi connectivity index (χ1) is 10.2. The van der Waals surface area contributed by atoms with Crippen LogP contribution in [0.1, 0.15) is 10.4 Å². The number of nitrogens with one attached hydrogen (secondary N) is 2. The Balaban J connectivity index is 2.10. The molecule has 0 aliphatic heterocycles. The van der Waals surface area contributed by atoms with Crippen molar-refractivity contribution >= 4 is 28.4 Å². The summed E-state index contributed by atoms with van der Waals surface area (Å²) in [6, 6.07) is 7.53. The Kier molecular flexibility index (Phi) is 3.15. The molecule has 0 spiro atoms. The van der Waals surface area contributed by atoms with Crippen LogP contribution in [0.2, 0.25) is 0 Å². The van der Waals surface area contributed by atoms with Gasteiger partial charge < -0.3 is 20.1 Å². The number of hydrogen-bond donors (Lipinski definition) is 3. The normalized spacial score (nSPS) is 10.5. The molecule has 0 saturated carbocycles. The van der Waals surface area contributed by atoms with Gasteiger partial charge in [0.15, 0.2) is 11.4 Å². The van der Waals surface area contributed by atoms with Crippen LogP contribution in [0.3, 0.4) is 0 Å². The summed E-state index contributed by atoms with van der Waals surface area (Å²) >= 11 is 0. The molecular formula is C14H12N4O3. The molecule has 0 unspecified atom stereocenters. The third-order valence-electron chi connectivity index (χ3n) is 3.07. The third kappa shape index (κ3) is 2.25. The molecule has 0 radical (unpaired) electrons. The molecular weight excluding hydrogens is 272 g/mol. The van der Waals surface area contributed by atoms with Gasteiger partial charge in [0.2, 0.25) is 5.88 Å². The monoisotopic (exact) mass is 284 g/mol. The van der Waals surface area contributed by atoms with Gasteiger partial charge in [-0.05, 0) is 18.2 Å². The Morgan fingerprint density at radius 3 is 2.95 bits per heavy atom. The molecule has 2 aromatic heterocycles. The maximum Gasteiger partial charge on any atom is 0.345 e. The standard InChI is InChI=1S/C14H12N4O3/c1-21-13-11(14(19)20)12(16-7-17-13)18-10-4-2-3-9-8(10)5-6-15-9/h2-7,15H,1H3,(H,19,20)(H,16,17,18). The molecule has 0 fully saturated rings. The van der Waals surface area contributed by atoms with E-state index in [-0.39, 0.29) is 17.3 Å². The predicted molar refractivity (Wildman–Crippen MR) is 77.1 cm³/mol. The third-order valence-corrected chi connectivity index (χ3v) is 3.07. The summed E-state index contributed by atoms with van der Waals surface area (Å²) in [5.41, 5.74) is 1.59. The Bertz CT molecular complexity index is 813. The summed E-state index contributed by atoms with van der Waals surface area (Å²) in [6.45, 7) is 0. The second-order valence-electron chi connectivity index (χ2n) is 4.28. The highest BCUT2D eigenvalue weighted by molar-refractivity contribution is 5.99. The fourth-order valence-corrected chi connectivity index (χ4v) is 2.13. The van der Waals surface area contributed by atoms with E-state index < -0.39 is 5.97 Å². The van der Waals surface area contributed by atoms with Crippen LogP contribution in [0.5, 0.6) is 5.88 Å². The lowest BCUT2D eigenvalue weighted by atomic mass is 10.2. The minimum absolute atomic E-state index is 0.0150. The minimum atomic E-state index is -1.16. The van der Waals surface area contributed by atoms with Crippen LogP contribution in [-0.2, 0) is 0 Å². The number of fused-ring (bicyclic) bond motifs is 1. The van der Waals surface area contributed by atoms with Crippen LogP contribution in [0, 0.1) is 0 Å². The number of ether oxygens (including phenoxy) is 1. The number of hydrogen-bond acceptors (Lipinski definition) is 5. The fraction of sp³-hybridized carbons (Fsp3) is 0.0714. The quantitative estimate of drug-likeness (QED) is 0.680. The molecule has 0 bridgehead atoms. The van der Waals surface area contributed by atoms with Crippen molar-refractivity contribution in [2.75, 3.05) is 12.4 Å². The molecule has 106 valence electrons. The van der Waals surface area contributed by atoms with Crippen molar-refractivity contribution in [1.29, 1.82) is 0 Å². The van der Waals surface area contributed by atoms with E-state index >= 15 is 0 Å². The highest BCUT2D eigenvalue weighted by Crippen LogP contribution is 2.28. The van der Waals surface area contributed by atoms with Gasteiger partial charge >= 0.3 is 5.97 Å². The number of carboxylic acids is 1. The van der Waals surface area contributed by atoms with Crippen molar-refractivity contribution in [2.24, 2.45) is 0 Å². The van der Waals surface area contributed by atoms with Gasteiger partial charge in [-0.1, -0.05) is 6.07 Å². The molecule has 0 aliphatic rings. The largest absolute Gasteiger partial charge is 0.480 e. The van der Waals surface area contributed by atoms with E-state index in [1.54, 1.807) is 0 Å². The molecule has 7 heteroatoms. The van der Waals surface area contributed by atoms with E-state index in [1.165, 1.54) is 13.4 Å². The number of carboxylic acid groups (broad SMARTS) is 1. The van der Waals surface area contributed by atoms with Crippen LogP contribution in [-0.4, -0.2) is 33.1 Å². The summed E-state index contributed by atoms with van der Waals surface area (Å²) in [5, 5.41) is 13.3. The zero-order chi connectivity index (χ0) is 14.8. The lowest BCUT2D eigenvalue weighted by Crippen LogP contribution is -2.08. The average molecular weight is 284 g/mol. The van der Waals surface area contributed by atoms with Gasteiger partial charge in [-0.3, -0.25) is 0 Å². The second kappa shape index (κ2) is 5.12. The summed E-state index contributed by atoms with van der Waals surface area (Å²) in [4.78, 5) is 22.3. The molecule has 0 amide bonds. The molecule has 2 heterocycles. The molecule has 3 rings (SSSR count). The minimum Gasteiger partial charge on any atom is -0.480 e. The van der Waals surface area contributed by atoms with Crippen molar-refractivity contribution in [3.05, 3.63) is 42.4 Å². The number of carbonyl (C=O) groups is 1. The summed E-state index contributed by atoms with van der Waals surface area (Å²) in [5.74, 6) is -0.958. The van der Waals surface area contributed by atoms with Crippen LogP contribution in [0.4, 0.5) is 11.5 Å². The Labute approximate surface area is 119 Å². The number of nitrogens with zero attached hydrogens (tertiary/aromatic N) is 2. The lowest BCUT2D eigenvalue weighted by Gasteiger charge is -2.11. The number of aromatic amines is 1. The molecule has 7 nitrogen and oxygen atoms in total. The van der Waals surface area contributed by atoms with Gasteiger partial charge in [0, 0.05) is 22.8 Å². The van der Waals surface area contributed by atoms with Gasteiger partial charge in [0.1, 0.15) is 6.33 Å². The molecule has 0 saturated heterocycles. The first-order valence-electron chi connectivity index (χ1n) is 6.16. The number of aromatic carboxylic acids is 1. The number of rotatable bonds is 4. The van der Waals surface area contributed by atoms with Crippen LogP contribution >= 0.6 is 0 Å². The van der Waals surface area contributed by atoms with Crippen molar-refractivity contribution in [2.45, 2.75) is 0 Å². The van der Waals surface area contributed by atoms with Crippen molar-refractivity contribution in [3.8, 4) is 5.88 Å². The number of benzene rings is 1. The van der Waals surface area contributed by atoms with Crippen LogP contribution in [0.25, 0.3) is 10.9 Å². The topological polar surface area (TPSA) is 100 Å². The van der Waals surface area contributed by atoms with Gasteiger partial charge in [-0.25, -0.2) is 14.8 Å². The van der Waals surface area contributed by atoms with Crippen LogP contribution in [0.15, 0.2) is 36.8 Å². The van der Waals surface area contributed by atoms with Gasteiger partial charge in [0.05, 0.1) is 7.11 Å². The van der Waals surface area contributed by atoms with Crippen molar-refractivity contribution in [1.82, 2.24) is 15.0 Å². The van der Waals surface area contributed by atoms with Gasteiger partial charge in [-0.15, -0.1) is 0 Å². The number of methoxy groups -OCH3 is 1. The van der Waals surface area contributed by atoms with E-state index in [2.05, 4.69) is 20.3 Å². The number of anilines is 2. The van der Waals surface area contributed by atoms with Gasteiger partial charge in [-0.2, -0.15) is 0 Å². The van der Waals surface area contributed by atoms with E-state index in [9.17, 15) is 9.90 Å². The summed E-state index contributed by atoms with van der Waals surface area (Å²) in [7, 11) is 1.37. The highest BCUT2D eigenvalue weighted by atomic mass is 16.5. The Morgan fingerprint density at radius 1 is 1.33 bits per heavy atom. The van der Waals surface area contributed by atoms with E-state index in [0.29, 0.717) is 0 Å². The van der Waals surface area contributed by atoms with E-state index in [1.807, 2.05) is 30.5 Å². The first kappa shape index (κ1) is 12.9. The Hall–Kier alpha value is -3.09. The molecule has 21 heavy (non-hydrogen) atoms. The van der Waals surface area contributed by atoms with Gasteiger partial charge in [0.25, 0.3) is 0 Å². The first-order valence-corrected chi connectivity index (χ1v) is 6.16. The zero-order valence-corrected chi connectivity index (χ0v) is 11.1.